The molecule has 0 atom stereocenters. The zero-order chi connectivity index (χ0) is 22.1. The molecule has 5 rings (SSSR count). The molecule has 0 aliphatic rings. The van der Waals surface area contributed by atoms with E-state index in [1.807, 2.05) is 74.5 Å². The molecule has 1 amide bonds. The summed E-state index contributed by atoms with van der Waals surface area (Å²) in [5.74, 6) is 0.943. The van der Waals surface area contributed by atoms with E-state index in [0.717, 1.165) is 28.0 Å². The van der Waals surface area contributed by atoms with Crippen LogP contribution in [0.1, 0.15) is 21.7 Å². The van der Waals surface area contributed by atoms with Gasteiger partial charge in [-0.2, -0.15) is 5.10 Å². The first-order valence-corrected chi connectivity index (χ1v) is 10.2. The van der Waals surface area contributed by atoms with Gasteiger partial charge in [-0.05, 0) is 44.2 Å². The van der Waals surface area contributed by atoms with Crippen LogP contribution in [0.3, 0.4) is 0 Å². The molecule has 0 aliphatic heterocycles. The second kappa shape index (κ2) is 8.03. The maximum Gasteiger partial charge on any atom is 0.255 e. The van der Waals surface area contributed by atoms with Crippen molar-refractivity contribution in [2.45, 2.75) is 13.8 Å². The fraction of sp³-hybridized carbons (Fsp3) is 0.0800. The van der Waals surface area contributed by atoms with E-state index in [4.69, 9.17) is 0 Å². The van der Waals surface area contributed by atoms with Crippen molar-refractivity contribution in [1.29, 1.82) is 0 Å². The Morgan fingerprint density at radius 1 is 0.812 bits per heavy atom. The predicted molar refractivity (Wildman–Crippen MR) is 124 cm³/mol. The van der Waals surface area contributed by atoms with Crippen molar-refractivity contribution in [3.8, 4) is 22.8 Å². The number of aryl methyl sites for hydroxylation is 2. The number of aromatic amines is 1. The van der Waals surface area contributed by atoms with Crippen LogP contribution >= 0.6 is 0 Å². The Morgan fingerprint density at radius 3 is 2.34 bits per heavy atom. The molecule has 156 valence electrons. The molecule has 2 heterocycles. The van der Waals surface area contributed by atoms with Crippen LogP contribution in [0.4, 0.5) is 5.69 Å². The maximum atomic E-state index is 13.0. The third kappa shape index (κ3) is 3.72. The molecular formula is C25H20N6O. The van der Waals surface area contributed by atoms with Gasteiger partial charge in [-0.1, -0.05) is 42.5 Å². The summed E-state index contributed by atoms with van der Waals surface area (Å²) in [7, 11) is 0. The van der Waals surface area contributed by atoms with Crippen LogP contribution in [0.2, 0.25) is 0 Å². The van der Waals surface area contributed by atoms with Gasteiger partial charge in [-0.25, -0.2) is 15.0 Å². The van der Waals surface area contributed by atoms with Crippen LogP contribution in [0, 0.1) is 13.8 Å². The Balaban J connectivity index is 1.45. The number of carbonyl (C=O) groups is 1. The molecule has 2 aromatic heterocycles. The van der Waals surface area contributed by atoms with E-state index < -0.39 is 0 Å². The summed E-state index contributed by atoms with van der Waals surface area (Å²) >= 11 is 0. The van der Waals surface area contributed by atoms with Gasteiger partial charge in [0, 0.05) is 16.7 Å². The highest BCUT2D eigenvalue weighted by molar-refractivity contribution is 6.07. The molecule has 7 nitrogen and oxygen atoms in total. The lowest BCUT2D eigenvalue weighted by atomic mass is 10.1. The first-order valence-electron chi connectivity index (χ1n) is 10.2. The third-order valence-corrected chi connectivity index (χ3v) is 5.29. The van der Waals surface area contributed by atoms with Gasteiger partial charge in [-0.15, -0.1) is 0 Å². The van der Waals surface area contributed by atoms with Crippen LogP contribution in [0.5, 0.6) is 0 Å². The van der Waals surface area contributed by atoms with Crippen molar-refractivity contribution < 1.29 is 4.79 Å². The maximum absolute atomic E-state index is 13.0. The van der Waals surface area contributed by atoms with Crippen molar-refractivity contribution in [2.75, 3.05) is 5.32 Å². The number of aromatic nitrogens is 5. The number of benzene rings is 3. The molecule has 0 unspecified atom stereocenters. The Bertz CT molecular complexity index is 1440. The highest BCUT2D eigenvalue weighted by Gasteiger charge is 2.15. The Hall–Kier alpha value is -4.39. The Labute approximate surface area is 184 Å². The average molecular weight is 420 g/mol. The molecule has 0 spiro atoms. The number of hydrogen-bond acceptors (Lipinski definition) is 5. The zero-order valence-corrected chi connectivity index (χ0v) is 17.6. The third-order valence-electron chi connectivity index (χ3n) is 5.29. The van der Waals surface area contributed by atoms with Crippen molar-refractivity contribution in [3.63, 3.8) is 0 Å². The number of nitrogens with one attached hydrogen (secondary N) is 2. The SMILES string of the molecule is Cc1nc2ccc(C(=O)Nc3ccccc3-c3nc(-c4ccccc4)n[nH]3)cc2nc1C. The number of carbonyl (C=O) groups excluding carboxylic acids is 1. The normalized spacial score (nSPS) is 10.9. The van der Waals surface area contributed by atoms with Gasteiger partial charge in [0.1, 0.15) is 0 Å². The number of H-pyrrole nitrogens is 1. The smallest absolute Gasteiger partial charge is 0.255 e. The molecule has 0 saturated carbocycles. The molecular weight excluding hydrogens is 400 g/mol. The van der Waals surface area contributed by atoms with E-state index in [9.17, 15) is 4.79 Å². The van der Waals surface area contributed by atoms with E-state index in [0.29, 0.717) is 28.4 Å². The first-order chi connectivity index (χ1) is 15.6. The Kier molecular flexibility index (Phi) is 4.91. The monoisotopic (exact) mass is 420 g/mol. The van der Waals surface area contributed by atoms with E-state index >= 15 is 0 Å². The van der Waals surface area contributed by atoms with Gasteiger partial charge in [0.05, 0.1) is 28.1 Å². The summed E-state index contributed by atoms with van der Waals surface area (Å²) in [5, 5.41) is 10.3. The number of nitrogens with zero attached hydrogens (tertiary/aromatic N) is 4. The topological polar surface area (TPSA) is 96.5 Å². The van der Waals surface area contributed by atoms with Gasteiger partial charge in [0.15, 0.2) is 11.6 Å². The highest BCUT2D eigenvalue weighted by atomic mass is 16.1. The van der Waals surface area contributed by atoms with Crippen molar-refractivity contribution >= 4 is 22.6 Å². The number of rotatable bonds is 4. The molecule has 0 aliphatic carbocycles. The number of anilines is 1. The minimum absolute atomic E-state index is 0.234. The fourth-order valence-electron chi connectivity index (χ4n) is 3.46. The fourth-order valence-corrected chi connectivity index (χ4v) is 3.46. The van der Waals surface area contributed by atoms with Gasteiger partial charge in [0.2, 0.25) is 0 Å². The van der Waals surface area contributed by atoms with Crippen molar-refractivity contribution in [1.82, 2.24) is 25.1 Å². The molecule has 32 heavy (non-hydrogen) atoms. The summed E-state index contributed by atoms with van der Waals surface area (Å²) < 4.78 is 0. The van der Waals surface area contributed by atoms with Crippen LogP contribution < -0.4 is 5.32 Å². The summed E-state index contributed by atoms with van der Waals surface area (Å²) in [4.78, 5) is 26.7. The highest BCUT2D eigenvalue weighted by Crippen LogP contribution is 2.27. The van der Waals surface area contributed by atoms with Gasteiger partial charge < -0.3 is 5.32 Å². The summed E-state index contributed by atoms with van der Waals surface area (Å²) in [6.45, 7) is 3.83. The minimum atomic E-state index is -0.234. The lowest BCUT2D eigenvalue weighted by Crippen LogP contribution is -2.13. The van der Waals surface area contributed by atoms with E-state index in [1.165, 1.54) is 0 Å². The quantitative estimate of drug-likeness (QED) is 0.429. The number of hydrogen-bond donors (Lipinski definition) is 2. The lowest BCUT2D eigenvalue weighted by molar-refractivity contribution is 0.102. The average Bonchev–Trinajstić information content (AvgIpc) is 3.31. The summed E-state index contributed by atoms with van der Waals surface area (Å²) in [5.41, 5.74) is 6.00. The van der Waals surface area contributed by atoms with Crippen LogP contribution in [-0.4, -0.2) is 31.1 Å². The molecule has 0 saturated heterocycles. The molecule has 7 heteroatoms. The van der Waals surface area contributed by atoms with Gasteiger partial charge in [0.25, 0.3) is 5.91 Å². The lowest BCUT2D eigenvalue weighted by Gasteiger charge is -2.10. The van der Waals surface area contributed by atoms with Crippen molar-refractivity contribution in [2.24, 2.45) is 0 Å². The number of fused-ring (bicyclic) bond motifs is 1. The van der Waals surface area contributed by atoms with E-state index in [1.54, 1.807) is 12.1 Å². The molecule has 5 aromatic rings. The van der Waals surface area contributed by atoms with E-state index in [-0.39, 0.29) is 5.91 Å². The largest absolute Gasteiger partial charge is 0.321 e. The second-order valence-electron chi connectivity index (χ2n) is 7.47. The predicted octanol–water partition coefficient (Wildman–Crippen LogP) is 4.95. The van der Waals surface area contributed by atoms with Gasteiger partial charge >= 0.3 is 0 Å². The molecule has 0 bridgehead atoms. The van der Waals surface area contributed by atoms with Crippen LogP contribution in [0.15, 0.2) is 72.8 Å². The van der Waals surface area contributed by atoms with E-state index in [2.05, 4.69) is 30.5 Å². The van der Waals surface area contributed by atoms with Crippen LogP contribution in [-0.2, 0) is 0 Å². The first kappa shape index (κ1) is 19.6. The minimum Gasteiger partial charge on any atom is -0.321 e. The number of amides is 1. The van der Waals surface area contributed by atoms with Crippen LogP contribution in [0.25, 0.3) is 33.8 Å². The standard InChI is InChI=1S/C25H20N6O/c1-15-16(2)27-22-14-18(12-13-21(22)26-15)25(32)28-20-11-7-6-10-19(20)24-29-23(30-31-24)17-8-4-3-5-9-17/h3-14H,1-2H3,(H,28,32)(H,29,30,31). The molecule has 2 N–H and O–H groups in total. The number of para-hydroxylation sites is 1. The Morgan fingerprint density at radius 2 is 1.53 bits per heavy atom. The molecule has 0 radical (unpaired) electrons. The molecule has 0 fully saturated rings. The van der Waals surface area contributed by atoms with Crippen molar-refractivity contribution in [3.05, 3.63) is 89.7 Å². The summed E-state index contributed by atoms with van der Waals surface area (Å²) in [6, 6.07) is 22.6. The van der Waals surface area contributed by atoms with Gasteiger partial charge in [-0.3, -0.25) is 9.89 Å². The zero-order valence-electron chi connectivity index (χ0n) is 17.6. The molecule has 3 aromatic carbocycles. The second-order valence-corrected chi connectivity index (χ2v) is 7.47. The summed E-state index contributed by atoms with van der Waals surface area (Å²) in [6.07, 6.45) is 0.